The van der Waals surface area contributed by atoms with Crippen LogP contribution < -0.4 is 15.4 Å². The zero-order valence-electron chi connectivity index (χ0n) is 14.7. The van der Waals surface area contributed by atoms with E-state index in [4.69, 9.17) is 4.74 Å². The van der Waals surface area contributed by atoms with E-state index in [0.717, 1.165) is 0 Å². The number of nitrogens with zero attached hydrogens (tertiary/aromatic N) is 4. The molecule has 2 heterocycles. The van der Waals surface area contributed by atoms with Crippen LogP contribution in [-0.2, 0) is 0 Å². The average Bonchev–Trinajstić information content (AvgIpc) is 2.67. The summed E-state index contributed by atoms with van der Waals surface area (Å²) in [4.78, 5) is 24.8. The molecule has 0 radical (unpaired) electrons. The van der Waals surface area contributed by atoms with E-state index >= 15 is 0 Å². The van der Waals surface area contributed by atoms with E-state index in [2.05, 4.69) is 38.4 Å². The fraction of sp³-hybridized carbons (Fsp3) is 0.176. The minimum Gasteiger partial charge on any atom is -0.504 e. The Morgan fingerprint density at radius 1 is 1.26 bits per heavy atom. The van der Waals surface area contributed by atoms with Crippen LogP contribution in [0.5, 0.6) is 11.5 Å². The molecular weight excluding hydrogens is 368 g/mol. The van der Waals surface area contributed by atoms with Crippen LogP contribution in [-0.4, -0.2) is 44.0 Å². The molecule has 1 aromatic carbocycles. The molecule has 27 heavy (non-hydrogen) atoms. The van der Waals surface area contributed by atoms with Crippen molar-refractivity contribution in [3.8, 4) is 11.5 Å². The lowest BCUT2D eigenvalue weighted by Crippen LogP contribution is -2.27. The van der Waals surface area contributed by atoms with Gasteiger partial charge in [-0.05, 0) is 31.2 Å². The van der Waals surface area contributed by atoms with Crippen molar-refractivity contribution in [2.75, 3.05) is 24.3 Å². The molecule has 3 aromatic rings. The molecule has 2 amide bonds. The Morgan fingerprint density at radius 2 is 2.04 bits per heavy atom. The highest BCUT2D eigenvalue weighted by Crippen LogP contribution is 2.29. The minimum absolute atomic E-state index is 0.0142. The first-order valence-corrected chi connectivity index (χ1v) is 8.45. The lowest BCUT2D eigenvalue weighted by Gasteiger charge is -2.13. The van der Waals surface area contributed by atoms with Crippen molar-refractivity contribution in [2.24, 2.45) is 0 Å². The second-order valence-corrected chi connectivity index (χ2v) is 5.93. The number of fused-ring (bicyclic) bond motifs is 1. The van der Waals surface area contributed by atoms with E-state index in [0.29, 0.717) is 35.0 Å². The number of pyridine rings is 1. The van der Waals surface area contributed by atoms with Crippen LogP contribution in [0.15, 0.2) is 36.5 Å². The molecule has 3 N–H and O–H groups in total. The highest BCUT2D eigenvalue weighted by molar-refractivity contribution is 7.78. The Bertz CT molecular complexity index is 984. The Hall–Kier alpha value is -3.27. The van der Waals surface area contributed by atoms with Gasteiger partial charge >= 0.3 is 6.03 Å². The number of ether oxygens (including phenoxy) is 1. The van der Waals surface area contributed by atoms with E-state index in [9.17, 15) is 9.90 Å². The third-order valence-corrected chi connectivity index (χ3v) is 4.09. The summed E-state index contributed by atoms with van der Waals surface area (Å²) in [6, 6.07) is 8.01. The van der Waals surface area contributed by atoms with Crippen molar-refractivity contribution >= 4 is 47.3 Å². The molecule has 10 heteroatoms. The van der Waals surface area contributed by atoms with Gasteiger partial charge in [0.25, 0.3) is 0 Å². The van der Waals surface area contributed by atoms with Gasteiger partial charge in [0.1, 0.15) is 11.3 Å². The van der Waals surface area contributed by atoms with Crippen molar-refractivity contribution < 1.29 is 14.6 Å². The molecule has 0 aliphatic carbocycles. The SMILES string of the molecule is CCN(S)C(=O)Nc1cnc2ccc(Nc3ccc(OC)c(O)c3)nc2n1. The fourth-order valence-corrected chi connectivity index (χ4v) is 2.31. The number of aromatic hydroxyl groups is 1. The maximum atomic E-state index is 11.9. The second-order valence-electron chi connectivity index (χ2n) is 5.45. The number of nitrogens with one attached hydrogen (secondary N) is 2. The Labute approximate surface area is 161 Å². The molecule has 0 bridgehead atoms. The van der Waals surface area contributed by atoms with Crippen molar-refractivity contribution in [2.45, 2.75) is 6.92 Å². The third kappa shape index (κ3) is 4.29. The van der Waals surface area contributed by atoms with Gasteiger partial charge in [-0.1, -0.05) is 12.8 Å². The summed E-state index contributed by atoms with van der Waals surface area (Å²) in [6.07, 6.45) is 1.45. The van der Waals surface area contributed by atoms with Crippen LogP contribution in [0.2, 0.25) is 0 Å². The molecular formula is C17H18N6O3S. The molecule has 9 nitrogen and oxygen atoms in total. The first-order valence-electron chi connectivity index (χ1n) is 8.05. The summed E-state index contributed by atoms with van der Waals surface area (Å²) in [5, 5.41) is 15.5. The number of amides is 2. The first-order chi connectivity index (χ1) is 13.0. The Balaban J connectivity index is 1.83. The van der Waals surface area contributed by atoms with Crippen molar-refractivity contribution in [3.63, 3.8) is 0 Å². The standard InChI is InChI=1S/C17H18N6O3S/c1-3-23(27)17(25)22-15-9-18-11-5-7-14(20-16(11)21-15)19-10-4-6-13(26-2)12(24)8-10/h4-9,24,27H,3H2,1-2H3,(H2,19,20,21,22,25). The normalized spacial score (nSPS) is 10.5. The number of hydrogen-bond acceptors (Lipinski definition) is 8. The highest BCUT2D eigenvalue weighted by atomic mass is 32.1. The average molecular weight is 386 g/mol. The van der Waals surface area contributed by atoms with E-state index in [1.54, 1.807) is 31.2 Å². The zero-order chi connectivity index (χ0) is 19.4. The van der Waals surface area contributed by atoms with Crippen LogP contribution in [0.1, 0.15) is 6.92 Å². The number of carbonyl (C=O) groups is 1. The van der Waals surface area contributed by atoms with Gasteiger partial charge in [0, 0.05) is 18.3 Å². The number of phenolic OH excluding ortho intramolecular Hbond substituents is 1. The summed E-state index contributed by atoms with van der Waals surface area (Å²) < 4.78 is 6.24. The van der Waals surface area contributed by atoms with Crippen molar-refractivity contribution in [1.82, 2.24) is 19.3 Å². The summed E-state index contributed by atoms with van der Waals surface area (Å²) in [5.41, 5.74) is 1.57. The second kappa shape index (κ2) is 7.96. The van der Waals surface area contributed by atoms with Gasteiger partial charge in [-0.3, -0.25) is 9.62 Å². The highest BCUT2D eigenvalue weighted by Gasteiger charge is 2.10. The molecule has 0 fully saturated rings. The zero-order valence-corrected chi connectivity index (χ0v) is 15.6. The number of urea groups is 1. The molecule has 0 aliphatic rings. The summed E-state index contributed by atoms with van der Waals surface area (Å²) >= 11 is 4.04. The minimum atomic E-state index is -0.405. The van der Waals surface area contributed by atoms with Crippen molar-refractivity contribution in [1.29, 1.82) is 0 Å². The molecule has 140 valence electrons. The maximum absolute atomic E-state index is 11.9. The molecule has 0 atom stereocenters. The van der Waals surface area contributed by atoms with E-state index in [1.165, 1.54) is 23.7 Å². The number of thiol groups is 1. The number of methoxy groups -OCH3 is 1. The largest absolute Gasteiger partial charge is 0.504 e. The Kier molecular flexibility index (Phi) is 5.46. The summed E-state index contributed by atoms with van der Waals surface area (Å²) in [6.45, 7) is 2.24. The fourth-order valence-electron chi connectivity index (χ4n) is 2.26. The Morgan fingerprint density at radius 3 is 2.74 bits per heavy atom. The van der Waals surface area contributed by atoms with Gasteiger partial charge < -0.3 is 15.2 Å². The van der Waals surface area contributed by atoms with E-state index < -0.39 is 6.03 Å². The predicted octanol–water partition coefficient (Wildman–Crippen LogP) is 3.18. The molecule has 0 saturated carbocycles. The topological polar surface area (TPSA) is 113 Å². The number of rotatable bonds is 5. The lowest BCUT2D eigenvalue weighted by atomic mass is 10.2. The van der Waals surface area contributed by atoms with Gasteiger partial charge in [0.2, 0.25) is 0 Å². The molecule has 3 rings (SSSR count). The van der Waals surface area contributed by atoms with Crippen LogP contribution in [0.3, 0.4) is 0 Å². The van der Waals surface area contributed by atoms with Crippen LogP contribution in [0.4, 0.5) is 22.1 Å². The van der Waals surface area contributed by atoms with Crippen LogP contribution in [0, 0.1) is 0 Å². The number of phenols is 1. The van der Waals surface area contributed by atoms with Gasteiger partial charge in [-0.15, -0.1) is 0 Å². The van der Waals surface area contributed by atoms with E-state index in [-0.39, 0.29) is 11.6 Å². The first kappa shape index (κ1) is 18.5. The van der Waals surface area contributed by atoms with Crippen LogP contribution in [0.25, 0.3) is 11.2 Å². The maximum Gasteiger partial charge on any atom is 0.332 e. The van der Waals surface area contributed by atoms with Gasteiger partial charge in [0.05, 0.1) is 13.3 Å². The monoisotopic (exact) mass is 386 g/mol. The lowest BCUT2D eigenvalue weighted by molar-refractivity contribution is 0.240. The number of anilines is 3. The molecule has 2 aromatic heterocycles. The smallest absolute Gasteiger partial charge is 0.332 e. The summed E-state index contributed by atoms with van der Waals surface area (Å²) in [7, 11) is 1.48. The predicted molar refractivity (Wildman–Crippen MR) is 106 cm³/mol. The van der Waals surface area contributed by atoms with Crippen LogP contribution >= 0.6 is 12.8 Å². The summed E-state index contributed by atoms with van der Waals surface area (Å²) in [5.74, 6) is 1.17. The third-order valence-electron chi connectivity index (χ3n) is 3.63. The number of carbonyl (C=O) groups excluding carboxylic acids is 1. The molecule has 0 aliphatic heterocycles. The molecule has 0 spiro atoms. The quantitative estimate of drug-likeness (QED) is 0.498. The van der Waals surface area contributed by atoms with Crippen molar-refractivity contribution in [3.05, 3.63) is 36.5 Å². The number of hydrogen-bond donors (Lipinski definition) is 4. The van der Waals surface area contributed by atoms with E-state index in [1.807, 2.05) is 0 Å². The number of benzene rings is 1. The van der Waals surface area contributed by atoms with Gasteiger partial charge in [-0.25, -0.2) is 19.7 Å². The van der Waals surface area contributed by atoms with Gasteiger partial charge in [-0.2, -0.15) is 0 Å². The van der Waals surface area contributed by atoms with Gasteiger partial charge in [0.15, 0.2) is 23.0 Å². The molecule has 0 saturated heterocycles. The molecule has 0 unspecified atom stereocenters. The number of aromatic nitrogens is 3.